The smallest absolute Gasteiger partial charge is 0.232 e. The Labute approximate surface area is 138 Å². The van der Waals surface area contributed by atoms with Crippen LogP contribution in [0, 0.1) is 18.6 Å². The fraction of sp³-hybridized carbons (Fsp3) is 0.100. The first-order valence-corrected chi connectivity index (χ1v) is 7.69. The molecule has 24 heavy (non-hydrogen) atoms. The molecule has 0 radical (unpaired) electrons. The molecule has 2 nitrogen and oxygen atoms in total. The van der Waals surface area contributed by atoms with Crippen LogP contribution in [-0.2, 0) is 7.05 Å². The molecule has 0 spiro atoms. The van der Waals surface area contributed by atoms with Crippen molar-refractivity contribution < 1.29 is 13.3 Å². The molecule has 1 heterocycles. The van der Waals surface area contributed by atoms with Gasteiger partial charge in [-0.1, -0.05) is 18.2 Å². The maximum atomic E-state index is 14.0. The number of benzene rings is 3. The average Bonchev–Trinajstić information content (AvgIpc) is 2.55. The molecule has 0 bridgehead atoms. The lowest BCUT2D eigenvalue weighted by atomic mass is 10.0. The summed E-state index contributed by atoms with van der Waals surface area (Å²) in [6.45, 7) is 2.03. The summed E-state index contributed by atoms with van der Waals surface area (Å²) >= 11 is 0. The van der Waals surface area contributed by atoms with Gasteiger partial charge in [-0.05, 0) is 41.7 Å². The van der Waals surface area contributed by atoms with E-state index in [2.05, 4.69) is 0 Å². The van der Waals surface area contributed by atoms with Gasteiger partial charge < -0.3 is 0 Å². The summed E-state index contributed by atoms with van der Waals surface area (Å²) in [5.74, 6) is -0.326. The third kappa shape index (κ3) is 2.22. The lowest BCUT2D eigenvalue weighted by Crippen LogP contribution is -2.32. The van der Waals surface area contributed by atoms with Crippen LogP contribution in [0.25, 0.3) is 33.1 Å². The molecule has 0 saturated carbocycles. The highest BCUT2D eigenvalue weighted by Gasteiger charge is 2.19. The van der Waals surface area contributed by atoms with Gasteiger partial charge in [0.15, 0.2) is 5.52 Å². The molecule has 0 fully saturated rings. The average molecular weight is 321 g/mol. The van der Waals surface area contributed by atoms with E-state index in [0.29, 0.717) is 16.3 Å². The molecule has 0 aliphatic heterocycles. The minimum atomic E-state index is -0.585. The van der Waals surface area contributed by atoms with Gasteiger partial charge in [0, 0.05) is 16.8 Å². The lowest BCUT2D eigenvalue weighted by molar-refractivity contribution is -0.661. The van der Waals surface area contributed by atoms with Gasteiger partial charge in [0.1, 0.15) is 17.8 Å². The van der Waals surface area contributed by atoms with Gasteiger partial charge in [0.25, 0.3) is 0 Å². The topological polar surface area (TPSA) is 16.8 Å². The van der Waals surface area contributed by atoms with Crippen LogP contribution in [0.15, 0.2) is 54.7 Å². The van der Waals surface area contributed by atoms with Crippen LogP contribution in [0.2, 0.25) is 0 Å². The monoisotopic (exact) mass is 321 g/mol. The Morgan fingerprint density at radius 3 is 2.50 bits per heavy atom. The van der Waals surface area contributed by atoms with Crippen molar-refractivity contribution in [1.29, 1.82) is 0 Å². The molecule has 118 valence electrons. The summed E-state index contributed by atoms with van der Waals surface area (Å²) in [4.78, 5) is 4.73. The van der Waals surface area contributed by atoms with E-state index in [0.717, 1.165) is 28.4 Å². The van der Waals surface area contributed by atoms with Crippen molar-refractivity contribution in [3.05, 3.63) is 71.9 Å². The van der Waals surface area contributed by atoms with Gasteiger partial charge in [-0.3, -0.25) is 0 Å². The summed E-state index contributed by atoms with van der Waals surface area (Å²) < 4.78 is 29.6. The third-order valence-corrected chi connectivity index (χ3v) is 4.34. The number of hydrogen-bond donors (Lipinski definition) is 0. The largest absolute Gasteiger partial charge is 0.331 e. The molecular weight excluding hydrogens is 306 g/mol. The maximum Gasteiger partial charge on any atom is 0.331 e. The molecule has 0 unspecified atom stereocenters. The number of halogens is 2. The van der Waals surface area contributed by atoms with Crippen molar-refractivity contribution in [1.82, 2.24) is 4.98 Å². The van der Waals surface area contributed by atoms with Crippen molar-refractivity contribution in [2.75, 3.05) is 0 Å². The number of aromatic nitrogens is 2. The molecule has 0 aliphatic carbocycles. The van der Waals surface area contributed by atoms with Crippen molar-refractivity contribution >= 4 is 21.7 Å². The minimum Gasteiger partial charge on any atom is -0.232 e. The highest BCUT2D eigenvalue weighted by atomic mass is 19.1. The first-order chi connectivity index (χ1) is 11.5. The zero-order valence-electron chi connectivity index (χ0n) is 13.3. The zero-order chi connectivity index (χ0) is 16.8. The fourth-order valence-electron chi connectivity index (χ4n) is 3.12. The van der Waals surface area contributed by atoms with Crippen LogP contribution >= 0.6 is 0 Å². The second kappa shape index (κ2) is 5.34. The fourth-order valence-corrected chi connectivity index (χ4v) is 3.12. The molecule has 0 N–H and O–H groups in total. The first kappa shape index (κ1) is 14.7. The van der Waals surface area contributed by atoms with E-state index in [1.807, 2.05) is 49.0 Å². The summed E-state index contributed by atoms with van der Waals surface area (Å²) in [6, 6.07) is 13.7. The van der Waals surface area contributed by atoms with E-state index in [9.17, 15) is 8.78 Å². The van der Waals surface area contributed by atoms with E-state index < -0.39 is 11.6 Å². The molecule has 1 aromatic heterocycles. The highest BCUT2D eigenvalue weighted by molar-refractivity contribution is 6.05. The quantitative estimate of drug-likeness (QED) is 0.373. The SMILES string of the molecule is Cc1ccccc1-c1nc2ccc3c(F)cc(F)cc3c2c[n+]1C. The number of hydrogen-bond acceptors (Lipinski definition) is 1. The van der Waals surface area contributed by atoms with E-state index in [4.69, 9.17) is 4.98 Å². The molecule has 4 heteroatoms. The molecule has 4 rings (SSSR count). The van der Waals surface area contributed by atoms with E-state index >= 15 is 0 Å². The van der Waals surface area contributed by atoms with Crippen LogP contribution < -0.4 is 4.57 Å². The van der Waals surface area contributed by atoms with Crippen molar-refractivity contribution in [2.24, 2.45) is 7.05 Å². The van der Waals surface area contributed by atoms with Crippen LogP contribution in [0.3, 0.4) is 0 Å². The van der Waals surface area contributed by atoms with Crippen molar-refractivity contribution in [2.45, 2.75) is 6.92 Å². The van der Waals surface area contributed by atoms with E-state index in [1.165, 1.54) is 6.07 Å². The molecule has 3 aromatic carbocycles. The Balaban J connectivity index is 2.07. The Hall–Kier alpha value is -2.88. The summed E-state index contributed by atoms with van der Waals surface area (Å²) in [7, 11) is 1.89. The van der Waals surface area contributed by atoms with Gasteiger partial charge in [-0.15, -0.1) is 0 Å². The van der Waals surface area contributed by atoms with Gasteiger partial charge in [-0.2, -0.15) is 0 Å². The maximum absolute atomic E-state index is 14.0. The Morgan fingerprint density at radius 2 is 1.71 bits per heavy atom. The molecule has 4 aromatic rings. The number of rotatable bonds is 1. The first-order valence-electron chi connectivity index (χ1n) is 7.69. The standard InChI is InChI=1S/C20H15F2N2/c1-12-5-3-4-6-14(12)20-23-19-8-7-15-16(17(19)11-24(20)2)9-13(21)10-18(15)22/h3-11H,1-2H3/q+1. The molecular formula is C20H15F2N2+. The second-order valence-electron chi connectivity index (χ2n) is 5.97. The lowest BCUT2D eigenvalue weighted by Gasteiger charge is -2.06. The van der Waals surface area contributed by atoms with Crippen LogP contribution in [0.5, 0.6) is 0 Å². The Morgan fingerprint density at radius 1 is 0.917 bits per heavy atom. The summed E-state index contributed by atoms with van der Waals surface area (Å²) in [5.41, 5.74) is 2.87. The van der Waals surface area contributed by atoms with E-state index in [-0.39, 0.29) is 0 Å². The molecule has 0 atom stereocenters. The van der Waals surface area contributed by atoms with Crippen LogP contribution in [0.4, 0.5) is 8.78 Å². The van der Waals surface area contributed by atoms with Crippen molar-refractivity contribution in [3.8, 4) is 11.4 Å². The minimum absolute atomic E-state index is 0.398. The Kier molecular flexibility index (Phi) is 3.27. The normalized spacial score (nSPS) is 11.3. The van der Waals surface area contributed by atoms with Crippen LogP contribution in [-0.4, -0.2) is 4.98 Å². The molecule has 0 saturated heterocycles. The second-order valence-corrected chi connectivity index (χ2v) is 5.97. The van der Waals surface area contributed by atoms with E-state index in [1.54, 1.807) is 12.1 Å². The summed E-state index contributed by atoms with van der Waals surface area (Å²) in [6.07, 6.45) is 1.88. The van der Waals surface area contributed by atoms with Gasteiger partial charge in [-0.25, -0.2) is 13.3 Å². The highest BCUT2D eigenvalue weighted by Crippen LogP contribution is 2.28. The number of aryl methyl sites for hydroxylation is 2. The number of nitrogens with zero attached hydrogens (tertiary/aromatic N) is 2. The predicted molar refractivity (Wildman–Crippen MR) is 90.5 cm³/mol. The zero-order valence-corrected chi connectivity index (χ0v) is 13.3. The van der Waals surface area contributed by atoms with Crippen LogP contribution in [0.1, 0.15) is 5.56 Å². The Bertz CT molecular complexity index is 1100. The summed E-state index contributed by atoms with van der Waals surface area (Å²) in [5, 5.41) is 1.66. The number of fused-ring (bicyclic) bond motifs is 3. The molecule has 0 amide bonds. The van der Waals surface area contributed by atoms with Gasteiger partial charge in [0.05, 0.1) is 18.0 Å². The third-order valence-electron chi connectivity index (χ3n) is 4.34. The van der Waals surface area contributed by atoms with Gasteiger partial charge in [0.2, 0.25) is 0 Å². The van der Waals surface area contributed by atoms with Crippen molar-refractivity contribution in [3.63, 3.8) is 0 Å². The molecule has 0 aliphatic rings. The van der Waals surface area contributed by atoms with Gasteiger partial charge >= 0.3 is 5.82 Å². The predicted octanol–water partition coefficient (Wildman–Crippen LogP) is 4.47.